The van der Waals surface area contributed by atoms with Crippen LogP contribution in [0.15, 0.2) is 18.2 Å². The highest BCUT2D eigenvalue weighted by Crippen LogP contribution is 2.45. The molecule has 2 heterocycles. The molecule has 0 bridgehead atoms. The highest BCUT2D eigenvalue weighted by Gasteiger charge is 2.43. The van der Waals surface area contributed by atoms with E-state index in [0.717, 1.165) is 5.56 Å². The van der Waals surface area contributed by atoms with Gasteiger partial charge in [0.2, 0.25) is 12.7 Å². The zero-order valence-electron chi connectivity index (χ0n) is 12.5. The average Bonchev–Trinajstić information content (AvgIpc) is 3.18. The zero-order chi connectivity index (χ0) is 16.6. The first-order valence-electron chi connectivity index (χ1n) is 7.20. The Hall–Kier alpha value is -1.54. The number of amides is 1. The van der Waals surface area contributed by atoms with Crippen molar-refractivity contribution in [1.29, 1.82) is 0 Å². The van der Waals surface area contributed by atoms with Gasteiger partial charge in [-0.2, -0.15) is 12.6 Å². The summed E-state index contributed by atoms with van der Waals surface area (Å²) in [7, 11) is 0. The molecule has 0 spiro atoms. The summed E-state index contributed by atoms with van der Waals surface area (Å²) >= 11 is 5.61. The Morgan fingerprint density at radius 1 is 1.43 bits per heavy atom. The minimum atomic E-state index is -0.986. The van der Waals surface area contributed by atoms with Gasteiger partial charge in [-0.15, -0.1) is 11.8 Å². The van der Waals surface area contributed by atoms with Gasteiger partial charge in [-0.25, -0.2) is 4.79 Å². The van der Waals surface area contributed by atoms with E-state index >= 15 is 0 Å². The number of nitrogens with zero attached hydrogens (tertiary/aromatic N) is 1. The van der Waals surface area contributed by atoms with Crippen molar-refractivity contribution >= 4 is 36.3 Å². The Balaban J connectivity index is 1.93. The number of carbonyl (C=O) groups is 2. The van der Waals surface area contributed by atoms with Crippen LogP contribution in [0.2, 0.25) is 0 Å². The summed E-state index contributed by atoms with van der Waals surface area (Å²) < 4.78 is 10.7. The minimum absolute atomic E-state index is 0.174. The number of hydrogen-bond acceptors (Lipinski definition) is 6. The number of benzene rings is 1. The molecule has 2 aliphatic heterocycles. The molecular weight excluding hydrogens is 338 g/mol. The summed E-state index contributed by atoms with van der Waals surface area (Å²) in [6.07, 6.45) is 0. The number of carboxylic acid groups (broad SMARTS) is 1. The molecule has 3 atom stereocenters. The van der Waals surface area contributed by atoms with Crippen LogP contribution in [0.3, 0.4) is 0 Å². The van der Waals surface area contributed by atoms with Crippen LogP contribution in [0.4, 0.5) is 0 Å². The summed E-state index contributed by atoms with van der Waals surface area (Å²) in [5.74, 6) is 0.500. The van der Waals surface area contributed by atoms with E-state index in [-0.39, 0.29) is 24.0 Å². The third-order valence-corrected chi connectivity index (χ3v) is 5.79. The van der Waals surface area contributed by atoms with Crippen LogP contribution < -0.4 is 9.47 Å². The molecule has 6 nitrogen and oxygen atoms in total. The molecule has 1 amide bonds. The highest BCUT2D eigenvalue weighted by molar-refractivity contribution is 7.99. The largest absolute Gasteiger partial charge is 0.480 e. The standard InChI is InChI=1S/C15H17NO5S2/c1-8(5-22)13(17)16-10(15(18)19)6-23-14(16)9-2-3-11-12(4-9)21-7-20-11/h2-4,8,10,14,22H,5-7H2,1H3,(H,18,19)/t8-,10+,14?/m1/s1. The number of carbonyl (C=O) groups excluding carboxylic acids is 1. The lowest BCUT2D eigenvalue weighted by molar-refractivity contribution is -0.150. The van der Waals surface area contributed by atoms with Crippen molar-refractivity contribution in [2.24, 2.45) is 5.92 Å². The minimum Gasteiger partial charge on any atom is -0.480 e. The van der Waals surface area contributed by atoms with E-state index in [1.165, 1.54) is 16.7 Å². The number of aliphatic carboxylic acids is 1. The van der Waals surface area contributed by atoms with Gasteiger partial charge in [-0.05, 0) is 17.7 Å². The smallest absolute Gasteiger partial charge is 0.327 e. The van der Waals surface area contributed by atoms with Gasteiger partial charge in [0, 0.05) is 17.4 Å². The van der Waals surface area contributed by atoms with Crippen LogP contribution in [-0.4, -0.2) is 46.2 Å². The molecule has 1 aromatic carbocycles. The fourth-order valence-corrected chi connectivity index (χ4v) is 4.20. The lowest BCUT2D eigenvalue weighted by Gasteiger charge is -2.29. The fraction of sp³-hybridized carbons (Fsp3) is 0.467. The number of rotatable bonds is 4. The highest BCUT2D eigenvalue weighted by atomic mass is 32.2. The molecule has 0 aromatic heterocycles. The van der Waals surface area contributed by atoms with Crippen molar-refractivity contribution in [3.8, 4) is 11.5 Å². The first kappa shape index (κ1) is 16.3. The number of fused-ring (bicyclic) bond motifs is 1. The topological polar surface area (TPSA) is 76.1 Å². The maximum atomic E-state index is 12.7. The predicted molar refractivity (Wildman–Crippen MR) is 89.1 cm³/mol. The van der Waals surface area contributed by atoms with Crippen molar-refractivity contribution in [3.63, 3.8) is 0 Å². The van der Waals surface area contributed by atoms with E-state index in [0.29, 0.717) is 23.0 Å². The second-order valence-electron chi connectivity index (χ2n) is 5.48. The summed E-state index contributed by atoms with van der Waals surface area (Å²) in [6, 6.07) is 4.62. The first-order chi connectivity index (χ1) is 11.0. The quantitative estimate of drug-likeness (QED) is 0.805. The molecule has 1 unspecified atom stereocenters. The molecule has 1 saturated heterocycles. The van der Waals surface area contributed by atoms with Crippen LogP contribution in [0.5, 0.6) is 11.5 Å². The zero-order valence-corrected chi connectivity index (χ0v) is 14.2. The van der Waals surface area contributed by atoms with E-state index < -0.39 is 12.0 Å². The third-order valence-electron chi connectivity index (χ3n) is 3.92. The van der Waals surface area contributed by atoms with Crippen LogP contribution in [0, 0.1) is 5.92 Å². The van der Waals surface area contributed by atoms with Crippen molar-refractivity contribution in [2.45, 2.75) is 18.3 Å². The van der Waals surface area contributed by atoms with Crippen LogP contribution >= 0.6 is 24.4 Å². The van der Waals surface area contributed by atoms with E-state index in [4.69, 9.17) is 9.47 Å². The van der Waals surface area contributed by atoms with Gasteiger partial charge in [0.05, 0.1) is 0 Å². The lowest BCUT2D eigenvalue weighted by atomic mass is 10.1. The Labute approximate surface area is 143 Å². The van der Waals surface area contributed by atoms with Crippen LogP contribution in [0.1, 0.15) is 17.9 Å². The lowest BCUT2D eigenvalue weighted by Crippen LogP contribution is -2.45. The molecule has 3 rings (SSSR count). The van der Waals surface area contributed by atoms with Crippen molar-refractivity contribution in [1.82, 2.24) is 4.90 Å². The van der Waals surface area contributed by atoms with Gasteiger partial charge in [0.1, 0.15) is 11.4 Å². The number of ether oxygens (including phenoxy) is 2. The Morgan fingerprint density at radius 3 is 2.87 bits per heavy atom. The molecule has 23 heavy (non-hydrogen) atoms. The summed E-state index contributed by atoms with van der Waals surface area (Å²) in [6.45, 7) is 1.93. The first-order valence-corrected chi connectivity index (χ1v) is 8.88. The summed E-state index contributed by atoms with van der Waals surface area (Å²) in [4.78, 5) is 25.6. The van der Waals surface area contributed by atoms with Crippen LogP contribution in [0.25, 0.3) is 0 Å². The fourth-order valence-electron chi connectivity index (χ4n) is 2.62. The van der Waals surface area contributed by atoms with E-state index in [9.17, 15) is 14.7 Å². The van der Waals surface area contributed by atoms with E-state index in [2.05, 4.69) is 12.6 Å². The Morgan fingerprint density at radius 2 is 2.17 bits per heavy atom. The number of thiol groups is 1. The molecule has 0 saturated carbocycles. The molecular formula is C15H17NO5S2. The molecule has 2 aliphatic rings. The van der Waals surface area contributed by atoms with Gasteiger partial charge in [0.25, 0.3) is 0 Å². The predicted octanol–water partition coefficient (Wildman–Crippen LogP) is 2.01. The monoisotopic (exact) mass is 355 g/mol. The van der Waals surface area contributed by atoms with Crippen molar-refractivity contribution < 1.29 is 24.2 Å². The maximum Gasteiger partial charge on any atom is 0.327 e. The van der Waals surface area contributed by atoms with Crippen molar-refractivity contribution in [2.75, 3.05) is 18.3 Å². The SMILES string of the molecule is C[C@H](CS)C(=O)N1C(c2ccc3c(c2)OCO3)SC[C@H]1C(=O)O. The Bertz CT molecular complexity index is 638. The maximum absolute atomic E-state index is 12.7. The second-order valence-corrected chi connectivity index (χ2v) is 6.96. The van der Waals surface area contributed by atoms with E-state index in [1.807, 2.05) is 12.1 Å². The van der Waals surface area contributed by atoms with Gasteiger partial charge in [-0.1, -0.05) is 13.0 Å². The van der Waals surface area contributed by atoms with Gasteiger partial charge < -0.3 is 19.5 Å². The molecule has 124 valence electrons. The molecule has 1 N–H and O–H groups in total. The molecule has 0 radical (unpaired) electrons. The van der Waals surface area contributed by atoms with Gasteiger partial charge in [-0.3, -0.25) is 4.79 Å². The van der Waals surface area contributed by atoms with E-state index in [1.54, 1.807) is 13.0 Å². The molecule has 1 aromatic rings. The van der Waals surface area contributed by atoms with Crippen LogP contribution in [-0.2, 0) is 9.59 Å². The summed E-state index contributed by atoms with van der Waals surface area (Å²) in [5.41, 5.74) is 0.836. The number of thioether (sulfide) groups is 1. The number of hydrogen-bond donors (Lipinski definition) is 2. The molecule has 8 heteroatoms. The molecule has 1 fully saturated rings. The van der Waals surface area contributed by atoms with Gasteiger partial charge in [0.15, 0.2) is 11.5 Å². The van der Waals surface area contributed by atoms with Crippen molar-refractivity contribution in [3.05, 3.63) is 23.8 Å². The molecule has 0 aliphatic carbocycles. The average molecular weight is 355 g/mol. The summed E-state index contributed by atoms with van der Waals surface area (Å²) in [5, 5.41) is 9.09. The Kier molecular flexibility index (Phi) is 4.63. The second kappa shape index (κ2) is 6.52. The van der Waals surface area contributed by atoms with Gasteiger partial charge >= 0.3 is 5.97 Å². The third kappa shape index (κ3) is 2.97. The number of carboxylic acids is 1. The normalized spacial score (nSPS) is 23.8.